The van der Waals surface area contributed by atoms with Gasteiger partial charge in [0.25, 0.3) is 0 Å². The Morgan fingerprint density at radius 3 is 2.12 bits per heavy atom. The minimum atomic E-state index is 0.325. The van der Waals surface area contributed by atoms with Crippen molar-refractivity contribution in [1.29, 1.82) is 0 Å². The van der Waals surface area contributed by atoms with E-state index in [0.29, 0.717) is 12.2 Å². The zero-order valence-corrected chi connectivity index (χ0v) is 14.1. The fourth-order valence-corrected chi connectivity index (χ4v) is 3.08. The summed E-state index contributed by atoms with van der Waals surface area (Å²) in [5, 5.41) is 10.0. The SMILES string of the molecule is COc1c(Cc2ccccc2O)ccc(Cc2ccccc2)c1C. The maximum atomic E-state index is 10.0. The van der Waals surface area contributed by atoms with Crippen LogP contribution in [0.25, 0.3) is 0 Å². The van der Waals surface area contributed by atoms with E-state index in [0.717, 1.165) is 28.9 Å². The first kappa shape index (κ1) is 16.1. The molecule has 2 heteroatoms. The minimum absolute atomic E-state index is 0.325. The van der Waals surface area contributed by atoms with Crippen molar-refractivity contribution in [3.05, 3.63) is 94.5 Å². The van der Waals surface area contributed by atoms with Crippen molar-refractivity contribution in [2.45, 2.75) is 19.8 Å². The average Bonchev–Trinajstić information content (AvgIpc) is 2.60. The molecule has 1 N–H and O–H groups in total. The minimum Gasteiger partial charge on any atom is -0.508 e. The van der Waals surface area contributed by atoms with E-state index in [9.17, 15) is 5.11 Å². The van der Waals surface area contributed by atoms with Gasteiger partial charge in [-0.3, -0.25) is 0 Å². The van der Waals surface area contributed by atoms with Crippen LogP contribution in [-0.2, 0) is 12.8 Å². The average molecular weight is 318 g/mol. The first-order valence-corrected chi connectivity index (χ1v) is 8.15. The van der Waals surface area contributed by atoms with Crippen LogP contribution in [0.1, 0.15) is 27.8 Å². The molecule has 0 aliphatic heterocycles. The van der Waals surface area contributed by atoms with E-state index >= 15 is 0 Å². The molecule has 122 valence electrons. The van der Waals surface area contributed by atoms with Crippen LogP contribution in [0.2, 0.25) is 0 Å². The second-order valence-electron chi connectivity index (χ2n) is 6.01. The van der Waals surface area contributed by atoms with Gasteiger partial charge in [0.05, 0.1) is 7.11 Å². The number of hydrogen-bond donors (Lipinski definition) is 1. The molecule has 0 fully saturated rings. The second kappa shape index (κ2) is 7.22. The summed E-state index contributed by atoms with van der Waals surface area (Å²) in [6.45, 7) is 2.10. The normalized spacial score (nSPS) is 10.6. The number of methoxy groups -OCH3 is 1. The number of hydrogen-bond acceptors (Lipinski definition) is 2. The Labute approximate surface area is 143 Å². The van der Waals surface area contributed by atoms with Gasteiger partial charge in [-0.1, -0.05) is 60.7 Å². The van der Waals surface area contributed by atoms with Gasteiger partial charge in [-0.25, -0.2) is 0 Å². The molecule has 3 aromatic rings. The van der Waals surface area contributed by atoms with Gasteiger partial charge in [-0.2, -0.15) is 0 Å². The van der Waals surface area contributed by atoms with E-state index in [4.69, 9.17) is 4.74 Å². The number of benzene rings is 3. The first-order valence-electron chi connectivity index (χ1n) is 8.15. The van der Waals surface area contributed by atoms with Crippen LogP contribution in [0, 0.1) is 6.92 Å². The number of aromatic hydroxyl groups is 1. The van der Waals surface area contributed by atoms with Crippen LogP contribution in [-0.4, -0.2) is 12.2 Å². The highest BCUT2D eigenvalue weighted by Crippen LogP contribution is 2.31. The van der Waals surface area contributed by atoms with Crippen LogP contribution >= 0.6 is 0 Å². The summed E-state index contributed by atoms with van der Waals surface area (Å²) in [7, 11) is 1.71. The highest BCUT2D eigenvalue weighted by Gasteiger charge is 2.13. The van der Waals surface area contributed by atoms with Crippen molar-refractivity contribution in [3.8, 4) is 11.5 Å². The maximum absolute atomic E-state index is 10.0. The van der Waals surface area contributed by atoms with Gasteiger partial charge in [-0.05, 0) is 47.2 Å². The summed E-state index contributed by atoms with van der Waals surface area (Å²) in [6, 6.07) is 22.2. The lowest BCUT2D eigenvalue weighted by molar-refractivity contribution is 0.406. The molecule has 0 aliphatic rings. The summed E-state index contributed by atoms with van der Waals surface area (Å²) in [6.07, 6.45) is 1.54. The molecule has 2 nitrogen and oxygen atoms in total. The van der Waals surface area contributed by atoms with Crippen molar-refractivity contribution < 1.29 is 9.84 Å². The van der Waals surface area contributed by atoms with Crippen LogP contribution in [0.4, 0.5) is 0 Å². The van der Waals surface area contributed by atoms with Gasteiger partial charge in [0.15, 0.2) is 0 Å². The van der Waals surface area contributed by atoms with Gasteiger partial charge >= 0.3 is 0 Å². The van der Waals surface area contributed by atoms with Crippen LogP contribution in [0.3, 0.4) is 0 Å². The van der Waals surface area contributed by atoms with Gasteiger partial charge in [0, 0.05) is 6.42 Å². The lowest BCUT2D eigenvalue weighted by Crippen LogP contribution is -2.01. The fraction of sp³-hybridized carbons (Fsp3) is 0.182. The molecule has 0 atom stereocenters. The highest BCUT2D eigenvalue weighted by atomic mass is 16.5. The molecule has 24 heavy (non-hydrogen) atoms. The van der Waals surface area contributed by atoms with Gasteiger partial charge in [-0.15, -0.1) is 0 Å². The molecule has 0 saturated heterocycles. The predicted molar refractivity (Wildman–Crippen MR) is 97.9 cm³/mol. The maximum Gasteiger partial charge on any atom is 0.125 e. The van der Waals surface area contributed by atoms with E-state index in [1.165, 1.54) is 11.1 Å². The number of para-hydroxylation sites is 1. The lowest BCUT2D eigenvalue weighted by Gasteiger charge is -2.16. The lowest BCUT2D eigenvalue weighted by atomic mass is 9.94. The Kier molecular flexibility index (Phi) is 4.85. The Bertz CT molecular complexity index is 823. The molecule has 0 aliphatic carbocycles. The topological polar surface area (TPSA) is 29.5 Å². The quantitative estimate of drug-likeness (QED) is 0.725. The zero-order chi connectivity index (χ0) is 16.9. The monoisotopic (exact) mass is 318 g/mol. The zero-order valence-electron chi connectivity index (χ0n) is 14.1. The van der Waals surface area contributed by atoms with Crippen molar-refractivity contribution in [2.75, 3.05) is 7.11 Å². The van der Waals surface area contributed by atoms with Gasteiger partial charge in [0.1, 0.15) is 11.5 Å². The van der Waals surface area contributed by atoms with E-state index in [2.05, 4.69) is 43.3 Å². The van der Waals surface area contributed by atoms with E-state index < -0.39 is 0 Å². The molecule has 0 unspecified atom stereocenters. The molecule has 0 bridgehead atoms. The van der Waals surface area contributed by atoms with E-state index in [1.807, 2.05) is 24.3 Å². The van der Waals surface area contributed by atoms with Crippen LogP contribution in [0.5, 0.6) is 11.5 Å². The summed E-state index contributed by atoms with van der Waals surface area (Å²) in [5.41, 5.74) is 5.71. The third-order valence-corrected chi connectivity index (χ3v) is 4.41. The van der Waals surface area contributed by atoms with Crippen molar-refractivity contribution in [1.82, 2.24) is 0 Å². The molecule has 0 saturated carbocycles. The van der Waals surface area contributed by atoms with E-state index in [1.54, 1.807) is 13.2 Å². The Morgan fingerprint density at radius 1 is 0.750 bits per heavy atom. The summed E-state index contributed by atoms with van der Waals surface area (Å²) < 4.78 is 5.68. The summed E-state index contributed by atoms with van der Waals surface area (Å²) >= 11 is 0. The second-order valence-corrected chi connectivity index (χ2v) is 6.01. The third-order valence-electron chi connectivity index (χ3n) is 4.41. The van der Waals surface area contributed by atoms with Gasteiger partial charge < -0.3 is 9.84 Å². The molecule has 3 rings (SSSR count). The number of ether oxygens (including phenoxy) is 1. The first-order chi connectivity index (χ1) is 11.7. The predicted octanol–water partition coefficient (Wildman–Crippen LogP) is 4.89. The molecule has 0 heterocycles. The van der Waals surface area contributed by atoms with Gasteiger partial charge in [0.2, 0.25) is 0 Å². The smallest absolute Gasteiger partial charge is 0.125 e. The van der Waals surface area contributed by atoms with Crippen LogP contribution < -0.4 is 4.74 Å². The Balaban J connectivity index is 1.92. The molecule has 0 amide bonds. The Hall–Kier alpha value is -2.74. The molecular formula is C22H22O2. The van der Waals surface area contributed by atoms with Crippen molar-refractivity contribution >= 4 is 0 Å². The van der Waals surface area contributed by atoms with Crippen LogP contribution in [0.15, 0.2) is 66.7 Å². The third kappa shape index (κ3) is 3.43. The summed E-state index contributed by atoms with van der Waals surface area (Å²) in [5.74, 6) is 1.23. The molecule has 0 aromatic heterocycles. The van der Waals surface area contributed by atoms with Crippen molar-refractivity contribution in [3.63, 3.8) is 0 Å². The molecular weight excluding hydrogens is 296 g/mol. The van der Waals surface area contributed by atoms with E-state index in [-0.39, 0.29) is 0 Å². The standard InChI is InChI=1S/C22H22O2/c1-16-18(14-17-8-4-3-5-9-17)12-13-20(22(16)24-2)15-19-10-6-7-11-21(19)23/h3-13,23H,14-15H2,1-2H3. The van der Waals surface area contributed by atoms with Crippen molar-refractivity contribution in [2.24, 2.45) is 0 Å². The number of rotatable bonds is 5. The number of phenolic OH excluding ortho intramolecular Hbond substituents is 1. The molecule has 3 aromatic carbocycles. The Morgan fingerprint density at radius 2 is 1.42 bits per heavy atom. The largest absolute Gasteiger partial charge is 0.508 e. The molecule has 0 radical (unpaired) electrons. The highest BCUT2D eigenvalue weighted by molar-refractivity contribution is 5.50. The summed E-state index contributed by atoms with van der Waals surface area (Å²) in [4.78, 5) is 0. The fourth-order valence-electron chi connectivity index (χ4n) is 3.08. The number of phenols is 1. The molecule has 0 spiro atoms.